The number of carbonyl (C=O) groups is 1. The Kier molecular flexibility index (Phi) is 4.39. The molecule has 3 nitrogen and oxygen atoms in total. The minimum atomic E-state index is -0.00235. The predicted octanol–water partition coefficient (Wildman–Crippen LogP) is 3.88. The molecule has 1 heterocycles. The van der Waals surface area contributed by atoms with Crippen LogP contribution >= 0.6 is 11.3 Å². The van der Waals surface area contributed by atoms with Gasteiger partial charge < -0.3 is 10.1 Å². The molecule has 112 valence electrons. The van der Waals surface area contributed by atoms with Gasteiger partial charge in [0.1, 0.15) is 5.75 Å². The monoisotopic (exact) mass is 311 g/mol. The van der Waals surface area contributed by atoms with Gasteiger partial charge >= 0.3 is 0 Å². The van der Waals surface area contributed by atoms with Crippen molar-refractivity contribution in [2.45, 2.75) is 6.42 Å². The molecule has 3 aromatic rings. The summed E-state index contributed by atoms with van der Waals surface area (Å²) >= 11 is 1.46. The van der Waals surface area contributed by atoms with E-state index in [0.29, 0.717) is 6.54 Å². The van der Waals surface area contributed by atoms with Crippen molar-refractivity contribution >= 4 is 28.0 Å². The highest BCUT2D eigenvalue weighted by Gasteiger charge is 2.05. The maximum atomic E-state index is 11.9. The Hall–Kier alpha value is -2.33. The summed E-state index contributed by atoms with van der Waals surface area (Å²) in [4.78, 5) is 12.6. The average molecular weight is 311 g/mol. The first-order valence-electron chi connectivity index (χ1n) is 7.14. The van der Waals surface area contributed by atoms with Gasteiger partial charge in [0.05, 0.1) is 12.0 Å². The van der Waals surface area contributed by atoms with Crippen molar-refractivity contribution in [2.75, 3.05) is 13.7 Å². The lowest BCUT2D eigenvalue weighted by Crippen LogP contribution is -2.24. The highest BCUT2D eigenvalue weighted by atomic mass is 32.1. The number of hydrogen-bond donors (Lipinski definition) is 1. The van der Waals surface area contributed by atoms with Gasteiger partial charge in [-0.05, 0) is 46.3 Å². The number of nitrogens with one attached hydrogen (secondary N) is 1. The fraction of sp³-hybridized carbons (Fsp3) is 0.167. The van der Waals surface area contributed by atoms with Crippen LogP contribution in [0.1, 0.15) is 15.2 Å². The molecule has 1 amide bonds. The molecule has 2 aromatic carbocycles. The maximum Gasteiger partial charge on any atom is 0.261 e. The molecule has 0 fully saturated rings. The van der Waals surface area contributed by atoms with Gasteiger partial charge in [-0.3, -0.25) is 4.79 Å². The molecule has 1 N–H and O–H groups in total. The largest absolute Gasteiger partial charge is 0.497 e. The van der Waals surface area contributed by atoms with Gasteiger partial charge in [0, 0.05) is 6.54 Å². The second-order valence-electron chi connectivity index (χ2n) is 5.03. The SMILES string of the molecule is COc1ccc2ccc(CCNC(=O)c3cccs3)cc2c1. The lowest BCUT2D eigenvalue weighted by Gasteiger charge is -2.07. The predicted molar refractivity (Wildman–Crippen MR) is 90.9 cm³/mol. The molecule has 0 saturated heterocycles. The Balaban J connectivity index is 1.65. The van der Waals surface area contributed by atoms with Gasteiger partial charge in [-0.2, -0.15) is 0 Å². The zero-order valence-electron chi connectivity index (χ0n) is 12.3. The van der Waals surface area contributed by atoms with Crippen LogP contribution in [0.4, 0.5) is 0 Å². The van der Waals surface area contributed by atoms with Crippen molar-refractivity contribution in [3.8, 4) is 5.75 Å². The van der Waals surface area contributed by atoms with Crippen LogP contribution in [-0.4, -0.2) is 19.6 Å². The van der Waals surface area contributed by atoms with Crippen LogP contribution in [-0.2, 0) is 6.42 Å². The fourth-order valence-corrected chi connectivity index (χ4v) is 3.01. The molecule has 3 rings (SSSR count). The van der Waals surface area contributed by atoms with Crippen LogP contribution in [0.2, 0.25) is 0 Å². The summed E-state index contributed by atoms with van der Waals surface area (Å²) in [7, 11) is 1.67. The molecule has 0 radical (unpaired) electrons. The lowest BCUT2D eigenvalue weighted by molar-refractivity contribution is 0.0958. The van der Waals surface area contributed by atoms with Crippen molar-refractivity contribution in [1.82, 2.24) is 5.32 Å². The summed E-state index contributed by atoms with van der Waals surface area (Å²) in [5.41, 5.74) is 1.20. The van der Waals surface area contributed by atoms with Crippen LogP contribution in [0.15, 0.2) is 53.9 Å². The zero-order chi connectivity index (χ0) is 15.4. The third-order valence-electron chi connectivity index (χ3n) is 3.56. The second-order valence-corrected chi connectivity index (χ2v) is 5.98. The number of amides is 1. The normalized spacial score (nSPS) is 10.6. The van der Waals surface area contributed by atoms with Crippen LogP contribution in [0.3, 0.4) is 0 Å². The van der Waals surface area contributed by atoms with Gasteiger partial charge in [0.2, 0.25) is 0 Å². The highest BCUT2D eigenvalue weighted by Crippen LogP contribution is 2.22. The van der Waals surface area contributed by atoms with E-state index in [1.54, 1.807) is 7.11 Å². The highest BCUT2D eigenvalue weighted by molar-refractivity contribution is 7.12. The Morgan fingerprint density at radius 1 is 1.14 bits per heavy atom. The molecular formula is C18H17NO2S. The van der Waals surface area contributed by atoms with Gasteiger partial charge in [0.15, 0.2) is 0 Å². The second kappa shape index (κ2) is 6.62. The van der Waals surface area contributed by atoms with Gasteiger partial charge in [-0.25, -0.2) is 0 Å². The average Bonchev–Trinajstić information content (AvgIpc) is 3.08. The van der Waals surface area contributed by atoms with E-state index in [9.17, 15) is 4.79 Å². The van der Waals surface area contributed by atoms with E-state index >= 15 is 0 Å². The molecule has 22 heavy (non-hydrogen) atoms. The van der Waals surface area contributed by atoms with Gasteiger partial charge in [-0.1, -0.05) is 30.3 Å². The van der Waals surface area contributed by atoms with E-state index in [1.807, 2.05) is 29.6 Å². The third kappa shape index (κ3) is 3.28. The van der Waals surface area contributed by atoms with Crippen LogP contribution in [0, 0.1) is 0 Å². The number of thiophene rings is 1. The van der Waals surface area contributed by atoms with Crippen LogP contribution in [0.25, 0.3) is 10.8 Å². The van der Waals surface area contributed by atoms with Crippen LogP contribution < -0.4 is 10.1 Å². The Morgan fingerprint density at radius 2 is 2.00 bits per heavy atom. The summed E-state index contributed by atoms with van der Waals surface area (Å²) in [6, 6.07) is 16.1. The molecule has 0 aliphatic carbocycles. The van der Waals surface area contributed by atoms with E-state index in [0.717, 1.165) is 22.4 Å². The number of rotatable bonds is 5. The van der Waals surface area contributed by atoms with E-state index in [4.69, 9.17) is 4.74 Å². The molecule has 1 aromatic heterocycles. The summed E-state index contributed by atoms with van der Waals surface area (Å²) in [5, 5.41) is 7.20. The minimum Gasteiger partial charge on any atom is -0.497 e. The Bertz CT molecular complexity index is 781. The molecule has 0 unspecified atom stereocenters. The topological polar surface area (TPSA) is 38.3 Å². The molecule has 0 bridgehead atoms. The summed E-state index contributed by atoms with van der Waals surface area (Å²) < 4.78 is 5.26. The number of fused-ring (bicyclic) bond motifs is 1. The Morgan fingerprint density at radius 3 is 2.77 bits per heavy atom. The van der Waals surface area contributed by atoms with Crippen molar-refractivity contribution in [2.24, 2.45) is 0 Å². The summed E-state index contributed by atoms with van der Waals surface area (Å²) in [6.45, 7) is 0.631. The van der Waals surface area contributed by atoms with E-state index in [2.05, 4.69) is 29.6 Å². The first-order chi connectivity index (χ1) is 10.8. The van der Waals surface area contributed by atoms with Gasteiger partial charge in [-0.15, -0.1) is 11.3 Å². The number of carbonyl (C=O) groups excluding carboxylic acids is 1. The van der Waals surface area contributed by atoms with Gasteiger partial charge in [0.25, 0.3) is 5.91 Å². The van der Waals surface area contributed by atoms with Crippen molar-refractivity contribution in [1.29, 1.82) is 0 Å². The van der Waals surface area contributed by atoms with E-state index in [1.165, 1.54) is 22.3 Å². The minimum absolute atomic E-state index is 0.00235. The quantitative estimate of drug-likeness (QED) is 0.776. The standard InChI is InChI=1S/C18H17NO2S/c1-21-16-7-6-14-5-4-13(11-15(14)12-16)8-9-19-18(20)17-3-2-10-22-17/h2-7,10-12H,8-9H2,1H3,(H,19,20). The van der Waals surface area contributed by atoms with Crippen molar-refractivity contribution in [3.05, 3.63) is 64.4 Å². The zero-order valence-corrected chi connectivity index (χ0v) is 13.2. The molecule has 0 aliphatic heterocycles. The first-order valence-corrected chi connectivity index (χ1v) is 8.02. The first kappa shape index (κ1) is 14.6. The molecule has 0 saturated carbocycles. The number of hydrogen-bond acceptors (Lipinski definition) is 3. The smallest absolute Gasteiger partial charge is 0.261 e. The molecule has 0 spiro atoms. The lowest BCUT2D eigenvalue weighted by atomic mass is 10.0. The number of ether oxygens (including phenoxy) is 1. The molecule has 0 atom stereocenters. The van der Waals surface area contributed by atoms with Crippen molar-refractivity contribution in [3.63, 3.8) is 0 Å². The third-order valence-corrected chi connectivity index (χ3v) is 4.42. The summed E-state index contributed by atoms with van der Waals surface area (Å²) in [6.07, 6.45) is 0.810. The molecular weight excluding hydrogens is 294 g/mol. The molecule has 4 heteroatoms. The molecule has 0 aliphatic rings. The van der Waals surface area contributed by atoms with Crippen molar-refractivity contribution < 1.29 is 9.53 Å². The van der Waals surface area contributed by atoms with E-state index < -0.39 is 0 Å². The maximum absolute atomic E-state index is 11.9. The number of methoxy groups -OCH3 is 1. The fourth-order valence-electron chi connectivity index (χ4n) is 2.37. The number of benzene rings is 2. The van der Waals surface area contributed by atoms with Crippen LogP contribution in [0.5, 0.6) is 5.75 Å². The Labute approximate surface area is 133 Å². The van der Waals surface area contributed by atoms with E-state index in [-0.39, 0.29) is 5.91 Å². The summed E-state index contributed by atoms with van der Waals surface area (Å²) in [5.74, 6) is 0.855.